The lowest BCUT2D eigenvalue weighted by Gasteiger charge is -2.23. The van der Waals surface area contributed by atoms with Gasteiger partial charge in [0.25, 0.3) is 5.91 Å². The molecule has 7 heteroatoms. The Bertz CT molecular complexity index is 780. The number of nitrogens with zero attached hydrogens (tertiary/aromatic N) is 4. The molecule has 2 aromatic heterocycles. The third kappa shape index (κ3) is 3.72. The monoisotopic (exact) mass is 357 g/mol. The lowest BCUT2D eigenvalue weighted by atomic mass is 10.1. The molecule has 1 aliphatic rings. The summed E-state index contributed by atoms with van der Waals surface area (Å²) < 4.78 is 7.36. The first-order valence-electron chi connectivity index (χ1n) is 9.01. The molecule has 0 aliphatic carbocycles. The number of carbonyl (C=O) groups is 1. The highest BCUT2D eigenvalue weighted by Crippen LogP contribution is 2.25. The predicted molar refractivity (Wildman–Crippen MR) is 99.4 cm³/mol. The Labute approximate surface area is 154 Å². The van der Waals surface area contributed by atoms with Crippen LogP contribution in [0.3, 0.4) is 0 Å². The normalized spacial score (nSPS) is 17.2. The van der Waals surface area contributed by atoms with Gasteiger partial charge in [-0.2, -0.15) is 5.10 Å². The van der Waals surface area contributed by atoms with Gasteiger partial charge in [-0.1, -0.05) is 0 Å². The van der Waals surface area contributed by atoms with E-state index in [1.54, 1.807) is 31.3 Å². The Balaban J connectivity index is 1.71. The number of nitrogens with one attached hydrogen (secondary N) is 1. The molecule has 0 aromatic carbocycles. The second-order valence-electron chi connectivity index (χ2n) is 6.89. The number of aromatic nitrogens is 3. The Hall–Kier alpha value is -2.41. The Morgan fingerprint density at radius 2 is 2.27 bits per heavy atom. The second kappa shape index (κ2) is 7.86. The van der Waals surface area contributed by atoms with Crippen LogP contribution < -0.4 is 10.1 Å². The van der Waals surface area contributed by atoms with E-state index in [1.807, 2.05) is 24.7 Å². The quantitative estimate of drug-likeness (QED) is 0.887. The number of rotatable bonds is 5. The smallest absolute Gasteiger partial charge is 0.274 e. The van der Waals surface area contributed by atoms with Crippen LogP contribution in [0.2, 0.25) is 0 Å². The van der Waals surface area contributed by atoms with Crippen LogP contribution in [0.4, 0.5) is 0 Å². The molecule has 1 unspecified atom stereocenters. The zero-order valence-electron chi connectivity index (χ0n) is 16.0. The average Bonchev–Trinajstić information content (AvgIpc) is 3.14. The number of pyridine rings is 1. The Morgan fingerprint density at radius 1 is 1.46 bits per heavy atom. The van der Waals surface area contributed by atoms with Crippen LogP contribution in [0.25, 0.3) is 0 Å². The van der Waals surface area contributed by atoms with Crippen LogP contribution in [0.1, 0.15) is 46.2 Å². The van der Waals surface area contributed by atoms with Crippen LogP contribution in [-0.4, -0.2) is 52.8 Å². The van der Waals surface area contributed by atoms with Gasteiger partial charge in [0.2, 0.25) is 0 Å². The van der Waals surface area contributed by atoms with Crippen molar-refractivity contribution >= 4 is 5.91 Å². The largest absolute Gasteiger partial charge is 0.496 e. The fourth-order valence-electron chi connectivity index (χ4n) is 3.44. The Morgan fingerprint density at radius 3 is 2.96 bits per heavy atom. The molecule has 1 fully saturated rings. The molecule has 1 amide bonds. The van der Waals surface area contributed by atoms with Gasteiger partial charge in [0, 0.05) is 37.1 Å². The highest BCUT2D eigenvalue weighted by molar-refractivity contribution is 5.92. The van der Waals surface area contributed by atoms with Gasteiger partial charge < -0.3 is 15.0 Å². The van der Waals surface area contributed by atoms with Crippen LogP contribution in [0.15, 0.2) is 18.5 Å². The van der Waals surface area contributed by atoms with Crippen LogP contribution in [0.5, 0.6) is 5.75 Å². The molecule has 2 aromatic rings. The third-order valence-corrected chi connectivity index (χ3v) is 4.96. The van der Waals surface area contributed by atoms with Gasteiger partial charge in [-0.25, -0.2) is 0 Å². The number of piperidine rings is 1. The molecule has 1 saturated heterocycles. The summed E-state index contributed by atoms with van der Waals surface area (Å²) in [6.07, 6.45) is 5.90. The van der Waals surface area contributed by atoms with Gasteiger partial charge in [0.1, 0.15) is 11.4 Å². The average molecular weight is 357 g/mol. The lowest BCUT2D eigenvalue weighted by Crippen LogP contribution is -2.32. The standard InChI is InChI=1S/C19H27N5O2/c1-13-10-21-17(14(2)18(13)26-4)12-23(3)19(25)16-7-9-24(22-16)15-6-5-8-20-11-15/h7,9-10,15,20H,5-6,8,11-12H2,1-4H3. The van der Waals surface area contributed by atoms with Gasteiger partial charge in [0.05, 0.1) is 25.4 Å². The molecule has 3 heterocycles. The minimum Gasteiger partial charge on any atom is -0.496 e. The van der Waals surface area contributed by atoms with Gasteiger partial charge in [-0.3, -0.25) is 14.5 Å². The van der Waals surface area contributed by atoms with Crippen molar-refractivity contribution < 1.29 is 9.53 Å². The Kier molecular flexibility index (Phi) is 5.56. The predicted octanol–water partition coefficient (Wildman–Crippen LogP) is 2.10. The van der Waals surface area contributed by atoms with Crippen molar-refractivity contribution in [2.75, 3.05) is 27.2 Å². The maximum Gasteiger partial charge on any atom is 0.274 e. The van der Waals surface area contributed by atoms with Crippen molar-refractivity contribution in [1.29, 1.82) is 0 Å². The number of amides is 1. The van der Waals surface area contributed by atoms with Crippen molar-refractivity contribution in [2.45, 2.75) is 39.3 Å². The van der Waals surface area contributed by atoms with E-state index in [4.69, 9.17) is 4.74 Å². The molecule has 0 bridgehead atoms. The van der Waals surface area contributed by atoms with Crippen molar-refractivity contribution in [1.82, 2.24) is 25.0 Å². The third-order valence-electron chi connectivity index (χ3n) is 4.96. The first-order valence-corrected chi connectivity index (χ1v) is 9.01. The highest BCUT2D eigenvalue weighted by Gasteiger charge is 2.21. The van der Waals surface area contributed by atoms with Gasteiger partial charge >= 0.3 is 0 Å². The lowest BCUT2D eigenvalue weighted by molar-refractivity contribution is 0.0775. The number of methoxy groups -OCH3 is 1. The molecule has 26 heavy (non-hydrogen) atoms. The number of carbonyl (C=O) groups excluding carboxylic acids is 1. The zero-order valence-corrected chi connectivity index (χ0v) is 16.0. The van der Waals surface area contributed by atoms with E-state index in [9.17, 15) is 4.79 Å². The number of aryl methyl sites for hydroxylation is 1. The first-order chi connectivity index (χ1) is 12.5. The summed E-state index contributed by atoms with van der Waals surface area (Å²) in [4.78, 5) is 18.9. The maximum absolute atomic E-state index is 12.8. The molecule has 3 rings (SSSR count). The van der Waals surface area contributed by atoms with E-state index >= 15 is 0 Å². The van der Waals surface area contributed by atoms with E-state index in [0.717, 1.165) is 48.5 Å². The topological polar surface area (TPSA) is 72.3 Å². The van der Waals surface area contributed by atoms with E-state index < -0.39 is 0 Å². The van der Waals surface area contributed by atoms with Crippen molar-refractivity contribution in [3.05, 3.63) is 41.0 Å². The van der Waals surface area contributed by atoms with Gasteiger partial charge in [-0.15, -0.1) is 0 Å². The van der Waals surface area contributed by atoms with E-state index in [1.165, 1.54) is 0 Å². The second-order valence-corrected chi connectivity index (χ2v) is 6.89. The van der Waals surface area contributed by atoms with Crippen molar-refractivity contribution in [3.63, 3.8) is 0 Å². The molecular formula is C19H27N5O2. The van der Waals surface area contributed by atoms with Crippen molar-refractivity contribution in [3.8, 4) is 5.75 Å². The highest BCUT2D eigenvalue weighted by atomic mass is 16.5. The molecule has 140 valence electrons. The van der Waals surface area contributed by atoms with Crippen LogP contribution >= 0.6 is 0 Å². The summed E-state index contributed by atoms with van der Waals surface area (Å²) in [6, 6.07) is 2.12. The molecule has 0 radical (unpaired) electrons. The summed E-state index contributed by atoms with van der Waals surface area (Å²) in [6.45, 7) is 6.30. The molecular weight excluding hydrogens is 330 g/mol. The molecule has 1 N–H and O–H groups in total. The van der Waals surface area contributed by atoms with E-state index in [2.05, 4.69) is 15.4 Å². The maximum atomic E-state index is 12.8. The van der Waals surface area contributed by atoms with Gasteiger partial charge in [0.15, 0.2) is 0 Å². The molecule has 7 nitrogen and oxygen atoms in total. The van der Waals surface area contributed by atoms with Gasteiger partial charge in [-0.05, 0) is 39.3 Å². The fraction of sp³-hybridized carbons (Fsp3) is 0.526. The molecule has 0 saturated carbocycles. The fourth-order valence-corrected chi connectivity index (χ4v) is 3.44. The number of hydrogen-bond donors (Lipinski definition) is 1. The number of hydrogen-bond acceptors (Lipinski definition) is 5. The summed E-state index contributed by atoms with van der Waals surface area (Å²) in [5, 5.41) is 7.88. The minimum atomic E-state index is -0.103. The first kappa shape index (κ1) is 18.4. The summed E-state index contributed by atoms with van der Waals surface area (Å²) >= 11 is 0. The molecule has 1 atom stereocenters. The van der Waals surface area contributed by atoms with Crippen LogP contribution in [0, 0.1) is 13.8 Å². The SMILES string of the molecule is COc1c(C)cnc(CN(C)C(=O)c2ccn(C3CCCNC3)n2)c1C. The summed E-state index contributed by atoms with van der Waals surface area (Å²) in [5.74, 6) is 0.721. The summed E-state index contributed by atoms with van der Waals surface area (Å²) in [5.41, 5.74) is 3.25. The molecule has 0 spiro atoms. The van der Waals surface area contributed by atoms with E-state index in [-0.39, 0.29) is 5.91 Å². The van der Waals surface area contributed by atoms with Crippen molar-refractivity contribution in [2.24, 2.45) is 0 Å². The van der Waals surface area contributed by atoms with Crippen LogP contribution in [-0.2, 0) is 6.54 Å². The van der Waals surface area contributed by atoms with E-state index in [0.29, 0.717) is 18.3 Å². The molecule has 1 aliphatic heterocycles. The zero-order chi connectivity index (χ0) is 18.7. The summed E-state index contributed by atoms with van der Waals surface area (Å²) in [7, 11) is 3.43. The number of ether oxygens (including phenoxy) is 1. The minimum absolute atomic E-state index is 0.103.